The minimum atomic E-state index is -4.64. The molecule has 0 saturated heterocycles. The van der Waals surface area contributed by atoms with Gasteiger partial charge in [-0.1, -0.05) is 18.2 Å². The number of rotatable bonds is 4. The van der Waals surface area contributed by atoms with Gasteiger partial charge in [0.05, 0.1) is 35.3 Å². The van der Waals surface area contributed by atoms with Crippen molar-refractivity contribution in [3.63, 3.8) is 0 Å². The lowest BCUT2D eigenvalue weighted by molar-refractivity contribution is -0.137. The van der Waals surface area contributed by atoms with Crippen molar-refractivity contribution in [2.24, 2.45) is 0 Å². The SMILES string of the molecule is COc1cc(C(F)(F)F)cc2c1c(N[C@H]1C[C@@H]1F)nc(=O)n2-c1ccccc1. The molecule has 0 radical (unpaired) electrons. The molecule has 1 aliphatic rings. The molecule has 0 unspecified atom stereocenters. The number of halogens is 4. The zero-order valence-electron chi connectivity index (χ0n) is 14.6. The number of alkyl halides is 4. The molecule has 0 bridgehead atoms. The van der Waals surface area contributed by atoms with Crippen molar-refractivity contribution in [1.29, 1.82) is 0 Å². The monoisotopic (exact) mass is 393 g/mol. The molecule has 0 spiro atoms. The van der Waals surface area contributed by atoms with Gasteiger partial charge in [0.25, 0.3) is 0 Å². The molecule has 2 atom stereocenters. The van der Waals surface area contributed by atoms with E-state index in [9.17, 15) is 22.4 Å². The van der Waals surface area contributed by atoms with E-state index in [2.05, 4.69) is 10.3 Å². The summed E-state index contributed by atoms with van der Waals surface area (Å²) in [5.74, 6) is -0.108. The zero-order valence-corrected chi connectivity index (χ0v) is 14.6. The predicted octanol–water partition coefficient (Wildman–Crippen LogP) is 3.94. The molecule has 4 rings (SSSR count). The summed E-state index contributed by atoms with van der Waals surface area (Å²) in [6, 6.07) is 9.38. The molecule has 1 heterocycles. The molecule has 0 amide bonds. The van der Waals surface area contributed by atoms with Crippen molar-refractivity contribution in [2.75, 3.05) is 12.4 Å². The normalized spacial score (nSPS) is 18.9. The van der Waals surface area contributed by atoms with E-state index in [0.29, 0.717) is 5.69 Å². The van der Waals surface area contributed by atoms with Crippen LogP contribution in [0.1, 0.15) is 12.0 Å². The van der Waals surface area contributed by atoms with Crippen molar-refractivity contribution in [1.82, 2.24) is 9.55 Å². The van der Waals surface area contributed by atoms with Crippen LogP contribution >= 0.6 is 0 Å². The quantitative estimate of drug-likeness (QED) is 0.683. The van der Waals surface area contributed by atoms with Crippen LogP contribution in [0.15, 0.2) is 47.3 Å². The fraction of sp³-hybridized carbons (Fsp3) is 0.263. The first-order valence-corrected chi connectivity index (χ1v) is 8.47. The van der Waals surface area contributed by atoms with Crippen LogP contribution in [0.25, 0.3) is 16.6 Å². The van der Waals surface area contributed by atoms with Crippen molar-refractivity contribution >= 4 is 16.7 Å². The standard InChI is InChI=1S/C19H15F4N3O2/c1-28-15-8-10(19(21,22)23)7-14-16(15)17(24-13-9-12(13)20)25-18(27)26(14)11-5-3-2-4-6-11/h2-8,12-13H,9H2,1H3,(H,24,25,27)/t12-,13-/m0/s1. The summed E-state index contributed by atoms with van der Waals surface area (Å²) in [5, 5.41) is 2.98. The minimum Gasteiger partial charge on any atom is -0.496 e. The molecule has 2 aromatic carbocycles. The van der Waals surface area contributed by atoms with Crippen molar-refractivity contribution < 1.29 is 22.3 Å². The van der Waals surface area contributed by atoms with E-state index in [4.69, 9.17) is 4.74 Å². The predicted molar refractivity (Wildman–Crippen MR) is 95.8 cm³/mol. The lowest BCUT2D eigenvalue weighted by atomic mass is 10.1. The summed E-state index contributed by atoms with van der Waals surface area (Å²) in [4.78, 5) is 16.7. The summed E-state index contributed by atoms with van der Waals surface area (Å²) in [5.41, 5.74) is -1.42. The second kappa shape index (κ2) is 6.50. The van der Waals surface area contributed by atoms with Gasteiger partial charge in [-0.25, -0.2) is 9.18 Å². The van der Waals surface area contributed by atoms with Crippen molar-refractivity contribution in [3.8, 4) is 11.4 Å². The van der Waals surface area contributed by atoms with Gasteiger partial charge in [-0.05, 0) is 24.3 Å². The number of anilines is 1. The highest BCUT2D eigenvalue weighted by Crippen LogP contribution is 2.40. The maximum atomic E-state index is 13.4. The number of benzene rings is 2. The van der Waals surface area contributed by atoms with Crippen LogP contribution in [-0.4, -0.2) is 28.9 Å². The van der Waals surface area contributed by atoms with E-state index in [1.54, 1.807) is 30.3 Å². The van der Waals surface area contributed by atoms with Gasteiger partial charge in [0.15, 0.2) is 0 Å². The molecule has 9 heteroatoms. The van der Waals surface area contributed by atoms with Crippen LogP contribution in [0.5, 0.6) is 5.75 Å². The summed E-state index contributed by atoms with van der Waals surface area (Å²) in [6.07, 6.45) is -5.49. The van der Waals surface area contributed by atoms with Crippen molar-refractivity contribution in [2.45, 2.75) is 24.8 Å². The summed E-state index contributed by atoms with van der Waals surface area (Å²) < 4.78 is 59.9. The first-order chi connectivity index (χ1) is 13.3. The highest BCUT2D eigenvalue weighted by molar-refractivity contribution is 5.96. The fourth-order valence-corrected chi connectivity index (χ4v) is 3.06. The lowest BCUT2D eigenvalue weighted by Crippen LogP contribution is -2.25. The second-order valence-corrected chi connectivity index (χ2v) is 6.49. The number of para-hydroxylation sites is 1. The van der Waals surface area contributed by atoms with E-state index >= 15 is 0 Å². The van der Waals surface area contributed by atoms with Gasteiger partial charge in [-0.3, -0.25) is 4.57 Å². The Morgan fingerprint density at radius 3 is 2.46 bits per heavy atom. The number of fused-ring (bicyclic) bond motifs is 1. The molecule has 1 saturated carbocycles. The third-order valence-electron chi connectivity index (χ3n) is 4.55. The van der Waals surface area contributed by atoms with Crippen LogP contribution in [0.3, 0.4) is 0 Å². The van der Waals surface area contributed by atoms with Gasteiger partial charge in [0, 0.05) is 6.42 Å². The number of nitrogens with one attached hydrogen (secondary N) is 1. The van der Waals surface area contributed by atoms with E-state index in [0.717, 1.165) is 16.7 Å². The van der Waals surface area contributed by atoms with Gasteiger partial charge >= 0.3 is 11.9 Å². The first kappa shape index (κ1) is 18.3. The Bertz CT molecular complexity index is 1100. The number of methoxy groups -OCH3 is 1. The molecule has 0 aliphatic heterocycles. The first-order valence-electron chi connectivity index (χ1n) is 8.47. The smallest absolute Gasteiger partial charge is 0.416 e. The van der Waals surface area contributed by atoms with E-state index < -0.39 is 29.6 Å². The number of nitrogens with zero attached hydrogens (tertiary/aromatic N) is 2. The lowest BCUT2D eigenvalue weighted by Gasteiger charge is -2.18. The average molecular weight is 393 g/mol. The molecule has 1 aromatic heterocycles. The Morgan fingerprint density at radius 2 is 1.89 bits per heavy atom. The minimum absolute atomic E-state index is 0.00269. The fourth-order valence-electron chi connectivity index (χ4n) is 3.06. The molecule has 146 valence electrons. The van der Waals surface area contributed by atoms with Gasteiger partial charge in [-0.2, -0.15) is 18.2 Å². The Hall–Kier alpha value is -3.10. The summed E-state index contributed by atoms with van der Waals surface area (Å²) >= 11 is 0. The summed E-state index contributed by atoms with van der Waals surface area (Å²) in [6.45, 7) is 0. The Balaban J connectivity index is 2.07. The highest BCUT2D eigenvalue weighted by atomic mass is 19.4. The molecule has 5 nitrogen and oxygen atoms in total. The Labute approximate surface area is 156 Å². The third-order valence-corrected chi connectivity index (χ3v) is 4.55. The largest absolute Gasteiger partial charge is 0.496 e. The molecule has 1 aliphatic carbocycles. The van der Waals surface area contributed by atoms with Gasteiger partial charge in [0.2, 0.25) is 0 Å². The number of ether oxygens (including phenoxy) is 1. The topological polar surface area (TPSA) is 56.1 Å². The van der Waals surface area contributed by atoms with E-state index in [-0.39, 0.29) is 28.9 Å². The van der Waals surface area contributed by atoms with Gasteiger partial charge in [-0.15, -0.1) is 0 Å². The van der Waals surface area contributed by atoms with E-state index in [1.807, 2.05) is 0 Å². The number of aromatic nitrogens is 2. The van der Waals surface area contributed by atoms with Crippen LogP contribution in [-0.2, 0) is 6.18 Å². The van der Waals surface area contributed by atoms with E-state index in [1.165, 1.54) is 7.11 Å². The summed E-state index contributed by atoms with van der Waals surface area (Å²) in [7, 11) is 1.23. The van der Waals surface area contributed by atoms with Crippen LogP contribution in [0, 0.1) is 0 Å². The molecule has 1 fully saturated rings. The highest BCUT2D eigenvalue weighted by Gasteiger charge is 2.39. The average Bonchev–Trinajstić information content (AvgIpc) is 3.35. The zero-order chi connectivity index (χ0) is 20.1. The third kappa shape index (κ3) is 3.17. The molecule has 28 heavy (non-hydrogen) atoms. The Kier molecular flexibility index (Phi) is 4.24. The van der Waals surface area contributed by atoms with Crippen LogP contribution in [0.4, 0.5) is 23.4 Å². The van der Waals surface area contributed by atoms with Crippen LogP contribution < -0.4 is 15.7 Å². The number of hydrogen-bond donors (Lipinski definition) is 1. The maximum absolute atomic E-state index is 13.4. The number of hydrogen-bond acceptors (Lipinski definition) is 4. The van der Waals surface area contributed by atoms with Crippen molar-refractivity contribution in [3.05, 3.63) is 58.5 Å². The maximum Gasteiger partial charge on any atom is 0.416 e. The van der Waals surface area contributed by atoms with Gasteiger partial charge in [0.1, 0.15) is 17.7 Å². The Morgan fingerprint density at radius 1 is 1.21 bits per heavy atom. The second-order valence-electron chi connectivity index (χ2n) is 6.49. The molecule has 1 N–H and O–H groups in total. The van der Waals surface area contributed by atoms with Gasteiger partial charge < -0.3 is 10.1 Å². The van der Waals surface area contributed by atoms with Crippen LogP contribution in [0.2, 0.25) is 0 Å². The molecular weight excluding hydrogens is 378 g/mol. The molecule has 3 aromatic rings. The molecular formula is C19H15F4N3O2.